The molecule has 0 saturated carbocycles. The maximum Gasteiger partial charge on any atom is 0.252 e. The minimum absolute atomic E-state index is 0.000320. The van der Waals surface area contributed by atoms with Crippen molar-refractivity contribution >= 4 is 57.2 Å². The van der Waals surface area contributed by atoms with Gasteiger partial charge in [0.05, 0.1) is 0 Å². The van der Waals surface area contributed by atoms with Gasteiger partial charge in [0, 0.05) is 50.4 Å². The fraction of sp³-hybridized carbons (Fsp3) is 0.323. The summed E-state index contributed by atoms with van der Waals surface area (Å²) in [4.78, 5) is 5.38. The van der Waals surface area contributed by atoms with E-state index in [2.05, 4.69) is 221 Å². The standard InChI is InChI=1S/C62H63BN2/c1-36-30-53-56-54(31-36)65(51-34-45-44(32-38(51)3)58(4,5)28-29-59(45,6)7)52-35-47-46(60(8,9)42-23-17-18-24-43(42)61(47,10)11)33-48(52)63(56)57-50(64(53)49-25-19-14-20-37(49)2)27-26-40-39-21-15-16-22-41(39)62(12,13)55(40)57/h14-27,30-35H,28-29H2,1-13H3. The number of nitrogens with zero attached hydrogens (tertiary/aromatic N) is 2. The molecule has 0 aromatic heterocycles. The van der Waals surface area contributed by atoms with Crippen molar-refractivity contribution in [1.29, 1.82) is 0 Å². The summed E-state index contributed by atoms with van der Waals surface area (Å²) in [7, 11) is 0. The summed E-state index contributed by atoms with van der Waals surface area (Å²) in [6.45, 7) is 31.7. The molecule has 3 aliphatic carbocycles. The maximum atomic E-state index is 2.74. The molecular formula is C62H63BN2. The Bertz CT molecular complexity index is 3250. The summed E-state index contributed by atoms with van der Waals surface area (Å²) in [6, 6.07) is 48.0. The van der Waals surface area contributed by atoms with E-state index in [1.54, 1.807) is 0 Å². The van der Waals surface area contributed by atoms with Crippen molar-refractivity contribution in [2.45, 2.75) is 130 Å². The lowest BCUT2D eigenvalue weighted by Crippen LogP contribution is -2.63. The summed E-state index contributed by atoms with van der Waals surface area (Å²) >= 11 is 0. The van der Waals surface area contributed by atoms with Crippen LogP contribution >= 0.6 is 0 Å². The van der Waals surface area contributed by atoms with E-state index in [0.29, 0.717) is 0 Å². The van der Waals surface area contributed by atoms with Gasteiger partial charge in [-0.25, -0.2) is 0 Å². The quantitative estimate of drug-likeness (QED) is 0.160. The van der Waals surface area contributed by atoms with E-state index >= 15 is 0 Å². The molecule has 7 aromatic carbocycles. The van der Waals surface area contributed by atoms with Gasteiger partial charge in [0.1, 0.15) is 0 Å². The molecule has 0 saturated heterocycles. The zero-order valence-corrected chi connectivity index (χ0v) is 40.9. The van der Waals surface area contributed by atoms with Gasteiger partial charge in [-0.2, -0.15) is 0 Å². The van der Waals surface area contributed by atoms with Gasteiger partial charge in [0.2, 0.25) is 0 Å². The van der Waals surface area contributed by atoms with Gasteiger partial charge >= 0.3 is 0 Å². The third kappa shape index (κ3) is 5.25. The van der Waals surface area contributed by atoms with Crippen LogP contribution in [0.1, 0.15) is 143 Å². The van der Waals surface area contributed by atoms with Crippen LogP contribution in [0, 0.1) is 20.8 Å². The van der Waals surface area contributed by atoms with E-state index in [9.17, 15) is 0 Å². The second-order valence-corrected chi connectivity index (χ2v) is 23.4. The second kappa shape index (κ2) is 13.0. The predicted octanol–water partition coefficient (Wildman–Crippen LogP) is 14.3. The molecular weight excluding hydrogens is 784 g/mol. The molecule has 2 nitrogen and oxygen atoms in total. The van der Waals surface area contributed by atoms with E-state index in [4.69, 9.17) is 0 Å². The summed E-state index contributed by atoms with van der Waals surface area (Å²) in [5.74, 6) is 0. The van der Waals surface area contributed by atoms with Gasteiger partial charge in [-0.1, -0.05) is 154 Å². The molecule has 0 atom stereocenters. The van der Waals surface area contributed by atoms with Crippen molar-refractivity contribution in [2.24, 2.45) is 0 Å². The van der Waals surface area contributed by atoms with E-state index < -0.39 is 0 Å². The largest absolute Gasteiger partial charge is 0.311 e. The van der Waals surface area contributed by atoms with E-state index in [1.165, 1.54) is 136 Å². The highest BCUT2D eigenvalue weighted by molar-refractivity contribution is 7.00. The van der Waals surface area contributed by atoms with Crippen LogP contribution in [0.15, 0.2) is 121 Å². The first kappa shape index (κ1) is 40.7. The molecule has 324 valence electrons. The maximum absolute atomic E-state index is 2.74. The lowest BCUT2D eigenvalue weighted by molar-refractivity contribution is 0.332. The topological polar surface area (TPSA) is 6.48 Å². The molecule has 0 amide bonds. The van der Waals surface area contributed by atoms with Crippen LogP contribution in [0.5, 0.6) is 0 Å². The number of para-hydroxylation sites is 1. The molecule has 12 rings (SSSR count). The molecule has 0 N–H and O–H groups in total. The Labute approximate surface area is 388 Å². The first-order chi connectivity index (χ1) is 30.7. The van der Waals surface area contributed by atoms with Crippen LogP contribution in [-0.4, -0.2) is 6.71 Å². The fourth-order valence-electron chi connectivity index (χ4n) is 13.7. The lowest BCUT2D eigenvalue weighted by Gasteiger charge is -2.49. The number of hydrogen-bond donors (Lipinski definition) is 0. The molecule has 0 unspecified atom stereocenters. The highest BCUT2D eigenvalue weighted by atomic mass is 15.2. The van der Waals surface area contributed by atoms with Crippen molar-refractivity contribution in [1.82, 2.24) is 0 Å². The highest BCUT2D eigenvalue weighted by Gasteiger charge is 2.51. The molecule has 0 radical (unpaired) electrons. The lowest BCUT2D eigenvalue weighted by atomic mass is 9.31. The second-order valence-electron chi connectivity index (χ2n) is 23.4. The predicted molar refractivity (Wildman–Crippen MR) is 278 cm³/mol. The van der Waals surface area contributed by atoms with Crippen LogP contribution in [0.25, 0.3) is 11.1 Å². The van der Waals surface area contributed by atoms with Crippen molar-refractivity contribution in [3.63, 3.8) is 0 Å². The Morgan fingerprint density at radius 2 is 0.923 bits per heavy atom. The van der Waals surface area contributed by atoms with Crippen LogP contribution in [0.2, 0.25) is 0 Å². The zero-order chi connectivity index (χ0) is 45.5. The highest BCUT2D eigenvalue weighted by Crippen LogP contribution is 2.56. The van der Waals surface area contributed by atoms with E-state index in [0.717, 1.165) is 0 Å². The summed E-state index contributed by atoms with van der Waals surface area (Å²) < 4.78 is 0. The third-order valence-electron chi connectivity index (χ3n) is 17.4. The number of hydrogen-bond acceptors (Lipinski definition) is 2. The molecule has 2 aliphatic heterocycles. The zero-order valence-electron chi connectivity index (χ0n) is 40.9. The van der Waals surface area contributed by atoms with E-state index in [-0.39, 0.29) is 33.8 Å². The fourth-order valence-corrected chi connectivity index (χ4v) is 13.7. The molecule has 3 heteroatoms. The van der Waals surface area contributed by atoms with Gasteiger partial charge in [0.15, 0.2) is 0 Å². The number of benzene rings is 7. The minimum atomic E-state index is -0.212. The van der Waals surface area contributed by atoms with E-state index in [1.807, 2.05) is 0 Å². The molecule has 0 bridgehead atoms. The summed E-state index contributed by atoms with van der Waals surface area (Å²) in [6.07, 6.45) is 2.37. The Hall–Kier alpha value is -5.80. The van der Waals surface area contributed by atoms with Gasteiger partial charge in [-0.3, -0.25) is 0 Å². The minimum Gasteiger partial charge on any atom is -0.311 e. The van der Waals surface area contributed by atoms with Crippen LogP contribution in [0.3, 0.4) is 0 Å². The smallest absolute Gasteiger partial charge is 0.252 e. The van der Waals surface area contributed by atoms with Gasteiger partial charge in [0.25, 0.3) is 6.71 Å². The molecule has 65 heavy (non-hydrogen) atoms. The number of aryl methyl sites for hydroxylation is 3. The van der Waals surface area contributed by atoms with Crippen LogP contribution < -0.4 is 26.2 Å². The van der Waals surface area contributed by atoms with Crippen LogP contribution in [0.4, 0.5) is 34.1 Å². The average Bonchev–Trinajstić information content (AvgIpc) is 3.50. The monoisotopic (exact) mass is 847 g/mol. The molecule has 0 spiro atoms. The third-order valence-corrected chi connectivity index (χ3v) is 17.4. The Kier molecular flexibility index (Phi) is 8.12. The summed E-state index contributed by atoms with van der Waals surface area (Å²) in [5.41, 5.74) is 29.8. The van der Waals surface area contributed by atoms with Crippen molar-refractivity contribution in [3.05, 3.63) is 183 Å². The molecule has 7 aromatic rings. The number of anilines is 6. The van der Waals surface area contributed by atoms with Crippen molar-refractivity contribution in [3.8, 4) is 11.1 Å². The number of fused-ring (bicyclic) bond motifs is 11. The average molecular weight is 847 g/mol. The SMILES string of the molecule is Cc1cc2c3c(c1)N(c1ccccc1C)c1ccc4c(c1B3c1cc3c(cc1N2c1cc2c(cc1C)C(C)(C)CCC2(C)C)C(C)(C)c1ccccc1C3(C)C)C(C)(C)c1ccccc1-4. The van der Waals surface area contributed by atoms with Crippen molar-refractivity contribution in [2.75, 3.05) is 9.80 Å². The Morgan fingerprint density at radius 3 is 1.57 bits per heavy atom. The summed E-state index contributed by atoms with van der Waals surface area (Å²) in [5, 5.41) is 0. The number of rotatable bonds is 2. The van der Waals surface area contributed by atoms with Gasteiger partial charge in [-0.05, 0) is 170 Å². The first-order valence-corrected chi connectivity index (χ1v) is 24.3. The Balaban J connectivity index is 1.26. The van der Waals surface area contributed by atoms with Crippen molar-refractivity contribution < 1.29 is 0 Å². The Morgan fingerprint density at radius 1 is 0.385 bits per heavy atom. The van der Waals surface area contributed by atoms with Gasteiger partial charge < -0.3 is 9.80 Å². The van der Waals surface area contributed by atoms with Crippen LogP contribution in [-0.2, 0) is 27.1 Å². The normalized spacial score (nSPS) is 18.9. The molecule has 5 aliphatic rings. The molecule has 2 heterocycles. The van der Waals surface area contributed by atoms with Gasteiger partial charge in [-0.15, -0.1) is 0 Å². The molecule has 0 fully saturated rings. The first-order valence-electron chi connectivity index (χ1n) is 24.3.